The summed E-state index contributed by atoms with van der Waals surface area (Å²) in [6.07, 6.45) is 3.62. The van der Waals surface area contributed by atoms with E-state index in [-0.39, 0.29) is 35.7 Å². The van der Waals surface area contributed by atoms with Crippen LogP contribution in [0.3, 0.4) is 0 Å². The van der Waals surface area contributed by atoms with Gasteiger partial charge in [-0.1, -0.05) is 37.6 Å². The number of aryl methyl sites for hydroxylation is 1. The van der Waals surface area contributed by atoms with E-state index in [1.54, 1.807) is 20.0 Å². The van der Waals surface area contributed by atoms with Gasteiger partial charge in [0.25, 0.3) is 0 Å². The number of likely N-dealkylation sites (N-methyl/N-ethyl adjacent to an activating group) is 1. The zero-order valence-electron chi connectivity index (χ0n) is 22.1. The van der Waals surface area contributed by atoms with Gasteiger partial charge < -0.3 is 25.6 Å². The maximum Gasteiger partial charge on any atom is 0.243 e. The third-order valence-electron chi connectivity index (χ3n) is 6.92. The van der Waals surface area contributed by atoms with Crippen molar-refractivity contribution in [2.24, 2.45) is 11.8 Å². The molecule has 0 aromatic heterocycles. The van der Waals surface area contributed by atoms with Crippen LogP contribution in [0.2, 0.25) is 5.02 Å². The maximum atomic E-state index is 13.4. The van der Waals surface area contributed by atoms with E-state index < -0.39 is 18.1 Å². The lowest BCUT2D eigenvalue weighted by atomic mass is 10.0. The van der Waals surface area contributed by atoms with E-state index in [0.717, 1.165) is 18.4 Å². The van der Waals surface area contributed by atoms with Gasteiger partial charge in [0.2, 0.25) is 17.7 Å². The molecule has 1 aliphatic carbocycles. The van der Waals surface area contributed by atoms with E-state index >= 15 is 0 Å². The van der Waals surface area contributed by atoms with E-state index in [9.17, 15) is 14.4 Å². The van der Waals surface area contributed by atoms with Gasteiger partial charge in [0.15, 0.2) is 0 Å². The molecular weight excluding hydrogens is 480 g/mol. The number of ether oxygens (including phenoxy) is 1. The van der Waals surface area contributed by atoms with Crippen LogP contribution in [0, 0.1) is 11.8 Å². The number of carbonyl (C=O) groups is 3. The average Bonchev–Trinajstić information content (AvgIpc) is 3.66. The van der Waals surface area contributed by atoms with Crippen LogP contribution in [0.25, 0.3) is 0 Å². The van der Waals surface area contributed by atoms with Crippen LogP contribution in [0.5, 0.6) is 5.75 Å². The topological polar surface area (TPSA) is 99.8 Å². The summed E-state index contributed by atoms with van der Waals surface area (Å²) in [6, 6.07) is 3.92. The van der Waals surface area contributed by atoms with Crippen LogP contribution in [0.1, 0.15) is 58.9 Å². The molecule has 1 fully saturated rings. The van der Waals surface area contributed by atoms with Crippen molar-refractivity contribution in [3.8, 4) is 5.75 Å². The number of fused-ring (bicyclic) bond motifs is 1. The molecule has 2 aliphatic rings. The molecule has 0 spiro atoms. The fraction of sp³-hybridized carbons (Fsp3) is 0.667. The highest BCUT2D eigenvalue weighted by atomic mass is 35.5. The van der Waals surface area contributed by atoms with Crippen molar-refractivity contribution >= 4 is 29.3 Å². The highest BCUT2D eigenvalue weighted by Crippen LogP contribution is 2.34. The first-order valence-electron chi connectivity index (χ1n) is 13.1. The molecule has 3 N–H and O–H groups in total. The van der Waals surface area contributed by atoms with Crippen molar-refractivity contribution in [2.45, 2.75) is 84.0 Å². The lowest BCUT2D eigenvalue weighted by Gasteiger charge is -2.31. The normalized spacial score (nSPS) is 27.4. The summed E-state index contributed by atoms with van der Waals surface area (Å²) in [5.41, 5.74) is 0.972. The molecule has 1 aromatic carbocycles. The van der Waals surface area contributed by atoms with Gasteiger partial charge in [0.05, 0.1) is 11.1 Å². The van der Waals surface area contributed by atoms with E-state index in [1.807, 2.05) is 32.9 Å². The molecule has 36 heavy (non-hydrogen) atoms. The van der Waals surface area contributed by atoms with Gasteiger partial charge >= 0.3 is 0 Å². The maximum absolute atomic E-state index is 13.4. The standard InChI is InChI=1S/C27H41ClN4O4/c1-16(2)14-22-26(34)29-13-7-9-20-8-6-10-21(28)24(20)36-17(3)15-30-23(19-11-12-19)27(35)32(5)18(4)25(33)31-22/h6,8,10,16-19,22-23,30H,7,9,11-15H2,1-5H3,(H,29,34)(H,31,33)/t17-,18-,22-,23+/m1/s1. The number of hydrogen-bond donors (Lipinski definition) is 3. The molecule has 0 unspecified atom stereocenters. The molecule has 8 nitrogen and oxygen atoms in total. The Morgan fingerprint density at radius 1 is 1.14 bits per heavy atom. The van der Waals surface area contributed by atoms with Crippen LogP contribution in [-0.4, -0.2) is 67.0 Å². The summed E-state index contributed by atoms with van der Waals surface area (Å²) in [5, 5.41) is 9.79. The third-order valence-corrected chi connectivity index (χ3v) is 7.22. The minimum absolute atomic E-state index is 0.128. The van der Waals surface area contributed by atoms with E-state index in [2.05, 4.69) is 16.0 Å². The molecule has 200 valence electrons. The number of rotatable bonds is 3. The second-order valence-corrected chi connectivity index (χ2v) is 11.0. The minimum Gasteiger partial charge on any atom is -0.488 e. The smallest absolute Gasteiger partial charge is 0.243 e. The first kappa shape index (κ1) is 28.3. The fourth-order valence-electron chi connectivity index (χ4n) is 4.50. The van der Waals surface area contributed by atoms with E-state index in [0.29, 0.717) is 43.1 Å². The van der Waals surface area contributed by atoms with Gasteiger partial charge in [0, 0.05) is 20.1 Å². The Morgan fingerprint density at radius 3 is 2.53 bits per heavy atom. The molecule has 0 bridgehead atoms. The summed E-state index contributed by atoms with van der Waals surface area (Å²) in [5.74, 6) is 0.423. The number of benzene rings is 1. The number of para-hydroxylation sites is 1. The van der Waals surface area contributed by atoms with Crippen LogP contribution in [0.15, 0.2) is 18.2 Å². The summed E-state index contributed by atoms with van der Waals surface area (Å²) >= 11 is 6.48. The Hall–Kier alpha value is -2.32. The highest BCUT2D eigenvalue weighted by molar-refractivity contribution is 6.32. The molecule has 0 radical (unpaired) electrons. The Kier molecular flexibility index (Phi) is 10.0. The zero-order chi connectivity index (χ0) is 26.4. The van der Waals surface area contributed by atoms with Crippen molar-refractivity contribution in [3.63, 3.8) is 0 Å². The number of amides is 3. The Balaban J connectivity index is 1.85. The van der Waals surface area contributed by atoms with Gasteiger partial charge in [-0.05, 0) is 69.4 Å². The Bertz CT molecular complexity index is 936. The van der Waals surface area contributed by atoms with Crippen molar-refractivity contribution in [2.75, 3.05) is 20.1 Å². The predicted octanol–water partition coefficient (Wildman–Crippen LogP) is 2.92. The molecule has 0 saturated heterocycles. The van der Waals surface area contributed by atoms with Crippen molar-refractivity contribution in [3.05, 3.63) is 28.8 Å². The summed E-state index contributed by atoms with van der Waals surface area (Å²) in [4.78, 5) is 40.9. The van der Waals surface area contributed by atoms with E-state index in [1.165, 1.54) is 4.90 Å². The van der Waals surface area contributed by atoms with Crippen LogP contribution < -0.4 is 20.7 Å². The average molecular weight is 521 g/mol. The number of hydrogen-bond acceptors (Lipinski definition) is 5. The summed E-state index contributed by atoms with van der Waals surface area (Å²) in [7, 11) is 1.65. The van der Waals surface area contributed by atoms with E-state index in [4.69, 9.17) is 16.3 Å². The molecule has 9 heteroatoms. The summed E-state index contributed by atoms with van der Waals surface area (Å²) in [6.45, 7) is 8.60. The third kappa shape index (κ3) is 7.59. The number of nitrogens with one attached hydrogen (secondary N) is 3. The minimum atomic E-state index is -0.707. The molecule has 4 atom stereocenters. The second kappa shape index (κ2) is 12.8. The molecule has 3 amide bonds. The SMILES string of the molecule is CC(C)C[C@H]1NC(=O)[C@@H](C)N(C)C(=O)[C@H](C2CC2)NC[C@@H](C)Oc2c(Cl)cccc2CCCNC1=O. The first-order chi connectivity index (χ1) is 17.1. The monoisotopic (exact) mass is 520 g/mol. The zero-order valence-corrected chi connectivity index (χ0v) is 22.9. The summed E-state index contributed by atoms with van der Waals surface area (Å²) < 4.78 is 6.23. The molecule has 3 rings (SSSR count). The van der Waals surface area contributed by atoms with Crippen LogP contribution >= 0.6 is 11.6 Å². The second-order valence-electron chi connectivity index (χ2n) is 10.6. The fourth-order valence-corrected chi connectivity index (χ4v) is 4.74. The molecule has 1 saturated carbocycles. The lowest BCUT2D eigenvalue weighted by Crippen LogP contribution is -2.56. The van der Waals surface area contributed by atoms with Gasteiger partial charge in [-0.2, -0.15) is 0 Å². The van der Waals surface area contributed by atoms with Crippen molar-refractivity contribution < 1.29 is 19.1 Å². The predicted molar refractivity (Wildman–Crippen MR) is 141 cm³/mol. The Morgan fingerprint density at radius 2 is 1.86 bits per heavy atom. The largest absolute Gasteiger partial charge is 0.488 e. The van der Waals surface area contributed by atoms with Gasteiger partial charge in [-0.15, -0.1) is 0 Å². The number of carbonyl (C=O) groups excluding carboxylic acids is 3. The highest BCUT2D eigenvalue weighted by Gasteiger charge is 2.39. The Labute approximate surface area is 219 Å². The lowest BCUT2D eigenvalue weighted by molar-refractivity contribution is -0.141. The molecule has 1 aliphatic heterocycles. The first-order valence-corrected chi connectivity index (χ1v) is 13.5. The molecule has 1 aromatic rings. The van der Waals surface area contributed by atoms with Crippen LogP contribution in [-0.2, 0) is 20.8 Å². The molecule has 1 heterocycles. The number of halogens is 1. The van der Waals surface area contributed by atoms with Crippen LogP contribution in [0.4, 0.5) is 0 Å². The van der Waals surface area contributed by atoms with Crippen molar-refractivity contribution in [1.29, 1.82) is 0 Å². The van der Waals surface area contributed by atoms with Gasteiger partial charge in [-0.3, -0.25) is 14.4 Å². The van der Waals surface area contributed by atoms with Crippen molar-refractivity contribution in [1.82, 2.24) is 20.9 Å². The molecular formula is C27H41ClN4O4. The van der Waals surface area contributed by atoms with Gasteiger partial charge in [-0.25, -0.2) is 0 Å². The van der Waals surface area contributed by atoms with Gasteiger partial charge in [0.1, 0.15) is 23.9 Å². The quantitative estimate of drug-likeness (QED) is 0.569. The number of nitrogens with zero attached hydrogens (tertiary/aromatic N) is 1.